The maximum atomic E-state index is 4.33. The Kier molecular flexibility index (Phi) is 7.83. The molecule has 1 aromatic rings. The molecule has 1 aliphatic heterocycles. The molecule has 0 radical (unpaired) electrons. The highest BCUT2D eigenvalue weighted by molar-refractivity contribution is 5.08. The molecular formula is C20H37N4+. The van der Waals surface area contributed by atoms with E-state index in [4.69, 9.17) is 0 Å². The third-order valence-corrected chi connectivity index (χ3v) is 5.19. The second-order valence-electron chi connectivity index (χ2n) is 7.47. The predicted molar refractivity (Wildman–Crippen MR) is 103 cm³/mol. The van der Waals surface area contributed by atoms with Gasteiger partial charge in [0.25, 0.3) is 0 Å². The number of nitrogens with zero attached hydrogens (tertiary/aromatic N) is 4. The number of aryl methyl sites for hydroxylation is 1. The van der Waals surface area contributed by atoms with Crippen molar-refractivity contribution in [1.29, 1.82) is 0 Å². The molecule has 0 bridgehead atoms. The summed E-state index contributed by atoms with van der Waals surface area (Å²) in [5.41, 5.74) is 1.24. The lowest BCUT2D eigenvalue weighted by Crippen LogP contribution is -2.55. The van der Waals surface area contributed by atoms with E-state index in [9.17, 15) is 0 Å². The summed E-state index contributed by atoms with van der Waals surface area (Å²) in [6.07, 6.45) is 22.4. The normalized spacial score (nSPS) is 20.2. The molecule has 1 aliphatic rings. The first-order valence-electron chi connectivity index (χ1n) is 9.94. The molecule has 0 amide bonds. The van der Waals surface area contributed by atoms with Crippen LogP contribution in [0.5, 0.6) is 0 Å². The van der Waals surface area contributed by atoms with Crippen molar-refractivity contribution in [2.24, 2.45) is 0 Å². The zero-order valence-electron chi connectivity index (χ0n) is 16.1. The average molecular weight is 334 g/mol. The number of quaternary nitrogens is 1. The quantitative estimate of drug-likeness (QED) is 0.400. The third kappa shape index (κ3) is 5.37. The van der Waals surface area contributed by atoms with Crippen molar-refractivity contribution in [1.82, 2.24) is 19.2 Å². The van der Waals surface area contributed by atoms with Gasteiger partial charge in [-0.25, -0.2) is 4.98 Å². The Hall–Kier alpha value is -1.29. The Morgan fingerprint density at radius 1 is 1.00 bits per heavy atom. The van der Waals surface area contributed by atoms with E-state index in [1.807, 2.05) is 12.5 Å². The van der Waals surface area contributed by atoms with Crippen LogP contribution in [0.25, 0.3) is 0 Å². The molecule has 1 atom stereocenters. The molecule has 4 heteroatoms. The number of rotatable bonds is 12. The van der Waals surface area contributed by atoms with Gasteiger partial charge in [-0.1, -0.05) is 58.3 Å². The molecule has 24 heavy (non-hydrogen) atoms. The van der Waals surface area contributed by atoms with Crippen molar-refractivity contribution in [3.8, 4) is 0 Å². The fourth-order valence-electron chi connectivity index (χ4n) is 3.76. The van der Waals surface area contributed by atoms with Gasteiger partial charge in [0, 0.05) is 7.05 Å². The second kappa shape index (κ2) is 9.87. The standard InChI is InChI=1S/C20H37N4/c1-4-5-6-7-8-9-10-11-12-13-15-24(16-14-22(3)19-24)23-18-21-17-20(23)2/h14,16-18H,4-13,15,19H2,1-3H3/q+1. The first kappa shape index (κ1) is 19.0. The van der Waals surface area contributed by atoms with E-state index in [1.54, 1.807) is 0 Å². The Morgan fingerprint density at radius 2 is 1.62 bits per heavy atom. The van der Waals surface area contributed by atoms with Gasteiger partial charge in [0.2, 0.25) is 0 Å². The number of hydrogen-bond donors (Lipinski definition) is 0. The average Bonchev–Trinajstić information content (AvgIpc) is 3.16. The summed E-state index contributed by atoms with van der Waals surface area (Å²) < 4.78 is 3.19. The van der Waals surface area contributed by atoms with E-state index in [-0.39, 0.29) is 0 Å². The van der Waals surface area contributed by atoms with E-state index in [1.165, 1.54) is 69.9 Å². The molecule has 2 heterocycles. The molecule has 0 saturated heterocycles. The van der Waals surface area contributed by atoms with Gasteiger partial charge in [-0.05, 0) is 19.8 Å². The van der Waals surface area contributed by atoms with Gasteiger partial charge in [-0.15, -0.1) is 0 Å². The van der Waals surface area contributed by atoms with Crippen LogP contribution < -0.4 is 4.59 Å². The number of aromatic nitrogens is 2. The summed E-state index contributed by atoms with van der Waals surface area (Å²) in [5, 5.41) is 0. The Bertz CT molecular complexity index is 494. The van der Waals surface area contributed by atoms with Gasteiger partial charge in [0.1, 0.15) is 19.1 Å². The molecule has 0 aromatic carbocycles. The van der Waals surface area contributed by atoms with Gasteiger partial charge in [0.05, 0.1) is 18.1 Å². The van der Waals surface area contributed by atoms with Crippen LogP contribution in [0.2, 0.25) is 0 Å². The smallest absolute Gasteiger partial charge is 0.181 e. The lowest BCUT2D eigenvalue weighted by Gasteiger charge is -2.33. The van der Waals surface area contributed by atoms with Crippen LogP contribution in [-0.2, 0) is 0 Å². The van der Waals surface area contributed by atoms with Gasteiger partial charge in [0.15, 0.2) is 6.67 Å². The number of unbranched alkanes of at least 4 members (excludes halogenated alkanes) is 9. The van der Waals surface area contributed by atoms with Crippen molar-refractivity contribution in [3.63, 3.8) is 0 Å². The lowest BCUT2D eigenvalue weighted by molar-refractivity contribution is 0.152. The predicted octanol–water partition coefficient (Wildman–Crippen LogP) is 4.93. The summed E-state index contributed by atoms with van der Waals surface area (Å²) in [6, 6.07) is 0. The topological polar surface area (TPSA) is 21.1 Å². The summed E-state index contributed by atoms with van der Waals surface area (Å²) in [7, 11) is 2.15. The van der Waals surface area contributed by atoms with Crippen LogP contribution in [0.15, 0.2) is 24.9 Å². The van der Waals surface area contributed by atoms with Crippen molar-refractivity contribution in [3.05, 3.63) is 30.6 Å². The number of hydrogen-bond acceptors (Lipinski definition) is 2. The Morgan fingerprint density at radius 3 is 2.12 bits per heavy atom. The molecule has 4 nitrogen and oxygen atoms in total. The molecule has 1 unspecified atom stereocenters. The van der Waals surface area contributed by atoms with Crippen LogP contribution in [0.4, 0.5) is 0 Å². The lowest BCUT2D eigenvalue weighted by atomic mass is 10.1. The Balaban J connectivity index is 1.66. The van der Waals surface area contributed by atoms with E-state index in [0.717, 1.165) is 17.8 Å². The molecule has 0 aliphatic carbocycles. The molecule has 1 aromatic heterocycles. The minimum absolute atomic E-state index is 0.874. The van der Waals surface area contributed by atoms with Crippen molar-refractivity contribution in [2.75, 3.05) is 20.3 Å². The van der Waals surface area contributed by atoms with Crippen LogP contribution >= 0.6 is 0 Å². The molecular weight excluding hydrogens is 296 g/mol. The fraction of sp³-hybridized carbons (Fsp3) is 0.750. The molecule has 0 spiro atoms. The van der Waals surface area contributed by atoms with E-state index >= 15 is 0 Å². The second-order valence-corrected chi connectivity index (χ2v) is 7.47. The molecule has 0 fully saturated rings. The minimum Gasteiger partial charge on any atom is -0.327 e. The monoisotopic (exact) mass is 333 g/mol. The first-order valence-corrected chi connectivity index (χ1v) is 9.94. The SMILES string of the molecule is CCCCCCCCCCCC[N+]1(n2cncc2C)C=CN(C)C1. The summed E-state index contributed by atoms with van der Waals surface area (Å²) >= 11 is 0. The minimum atomic E-state index is 0.874. The zero-order valence-corrected chi connectivity index (χ0v) is 16.1. The van der Waals surface area contributed by atoms with Gasteiger partial charge in [-0.3, -0.25) is 0 Å². The highest BCUT2D eigenvalue weighted by atomic mass is 15.7. The largest absolute Gasteiger partial charge is 0.327 e. The van der Waals surface area contributed by atoms with E-state index in [0.29, 0.717) is 0 Å². The van der Waals surface area contributed by atoms with E-state index < -0.39 is 0 Å². The van der Waals surface area contributed by atoms with Gasteiger partial charge < -0.3 is 4.90 Å². The summed E-state index contributed by atoms with van der Waals surface area (Å²) in [4.78, 5) is 6.60. The fourth-order valence-corrected chi connectivity index (χ4v) is 3.76. The van der Waals surface area contributed by atoms with Crippen LogP contribution in [0.1, 0.15) is 76.8 Å². The molecule has 0 saturated carbocycles. The molecule has 2 rings (SSSR count). The van der Waals surface area contributed by atoms with Gasteiger partial charge in [-0.2, -0.15) is 9.27 Å². The molecule has 136 valence electrons. The van der Waals surface area contributed by atoms with Crippen molar-refractivity contribution >= 4 is 0 Å². The number of imidazole rings is 1. The van der Waals surface area contributed by atoms with Crippen LogP contribution in [0.3, 0.4) is 0 Å². The van der Waals surface area contributed by atoms with Crippen molar-refractivity contribution < 1.29 is 0 Å². The highest BCUT2D eigenvalue weighted by Gasteiger charge is 2.33. The van der Waals surface area contributed by atoms with Crippen LogP contribution in [-0.4, -0.2) is 34.8 Å². The zero-order chi connectivity index (χ0) is 17.3. The Labute approximate surface area is 148 Å². The summed E-state index contributed by atoms with van der Waals surface area (Å²) in [6.45, 7) is 6.61. The highest BCUT2D eigenvalue weighted by Crippen LogP contribution is 2.19. The van der Waals surface area contributed by atoms with Crippen LogP contribution in [0, 0.1) is 6.92 Å². The third-order valence-electron chi connectivity index (χ3n) is 5.19. The molecule has 0 N–H and O–H groups in total. The van der Waals surface area contributed by atoms with Gasteiger partial charge >= 0.3 is 0 Å². The first-order chi connectivity index (χ1) is 11.7. The maximum absolute atomic E-state index is 4.33. The van der Waals surface area contributed by atoms with E-state index in [2.05, 4.69) is 47.9 Å². The summed E-state index contributed by atoms with van der Waals surface area (Å²) in [5.74, 6) is 0. The maximum Gasteiger partial charge on any atom is 0.181 e. The van der Waals surface area contributed by atoms with Crippen molar-refractivity contribution in [2.45, 2.75) is 78.1 Å².